The van der Waals surface area contributed by atoms with Crippen LogP contribution in [0.15, 0.2) is 24.3 Å². The van der Waals surface area contributed by atoms with Crippen molar-refractivity contribution >= 4 is 23.4 Å². The molecular weight excluding hydrogens is 312 g/mol. The molecule has 0 saturated heterocycles. The van der Waals surface area contributed by atoms with E-state index >= 15 is 0 Å². The molecule has 0 saturated carbocycles. The smallest absolute Gasteiger partial charge is 0.242 e. The molecular formula is C18H27ClN2O2. The molecule has 1 N–H and O–H groups in total. The average molecular weight is 339 g/mol. The van der Waals surface area contributed by atoms with E-state index in [2.05, 4.69) is 19.2 Å². The van der Waals surface area contributed by atoms with E-state index in [0.717, 1.165) is 12.0 Å². The first kappa shape index (κ1) is 19.5. The monoisotopic (exact) mass is 338 g/mol. The fourth-order valence-electron chi connectivity index (χ4n) is 2.20. The number of nitrogens with one attached hydrogen (secondary N) is 1. The second-order valence-electron chi connectivity index (χ2n) is 6.15. The van der Waals surface area contributed by atoms with Gasteiger partial charge in [0.15, 0.2) is 0 Å². The Kier molecular flexibility index (Phi) is 8.10. The predicted molar refractivity (Wildman–Crippen MR) is 94.2 cm³/mol. The van der Waals surface area contributed by atoms with Crippen molar-refractivity contribution in [3.8, 4) is 0 Å². The van der Waals surface area contributed by atoms with Gasteiger partial charge < -0.3 is 10.2 Å². The Balaban J connectivity index is 2.74. The van der Waals surface area contributed by atoms with Gasteiger partial charge >= 0.3 is 0 Å². The molecule has 1 atom stereocenters. The summed E-state index contributed by atoms with van der Waals surface area (Å²) in [5.41, 5.74) is 0.957. The van der Waals surface area contributed by atoms with Crippen molar-refractivity contribution in [3.05, 3.63) is 34.9 Å². The molecule has 0 aromatic heterocycles. The number of rotatable bonds is 8. The fraction of sp³-hybridized carbons (Fsp3) is 0.556. The summed E-state index contributed by atoms with van der Waals surface area (Å²) < 4.78 is 0. The molecule has 128 valence electrons. The summed E-state index contributed by atoms with van der Waals surface area (Å²) in [4.78, 5) is 26.2. The molecule has 1 aromatic carbocycles. The minimum Gasteiger partial charge on any atom is -0.354 e. The Morgan fingerprint density at radius 3 is 2.30 bits per heavy atom. The van der Waals surface area contributed by atoms with Crippen molar-refractivity contribution < 1.29 is 9.59 Å². The molecule has 0 aliphatic heterocycles. The van der Waals surface area contributed by atoms with Crippen LogP contribution in [0.2, 0.25) is 5.02 Å². The third-order valence-corrected chi connectivity index (χ3v) is 4.01. The molecule has 0 bridgehead atoms. The fourth-order valence-corrected chi connectivity index (χ4v) is 2.33. The van der Waals surface area contributed by atoms with Gasteiger partial charge in [0, 0.05) is 24.5 Å². The maximum Gasteiger partial charge on any atom is 0.242 e. The van der Waals surface area contributed by atoms with Gasteiger partial charge in [-0.2, -0.15) is 0 Å². The second kappa shape index (κ2) is 9.56. The van der Waals surface area contributed by atoms with Gasteiger partial charge in [0.05, 0.1) is 0 Å². The van der Waals surface area contributed by atoms with E-state index in [1.807, 2.05) is 12.1 Å². The topological polar surface area (TPSA) is 49.4 Å². The first-order valence-corrected chi connectivity index (χ1v) is 8.54. The van der Waals surface area contributed by atoms with Gasteiger partial charge in [-0.15, -0.1) is 0 Å². The van der Waals surface area contributed by atoms with Gasteiger partial charge in [0.1, 0.15) is 6.04 Å². The summed E-state index contributed by atoms with van der Waals surface area (Å²) in [5, 5.41) is 3.57. The van der Waals surface area contributed by atoms with E-state index in [-0.39, 0.29) is 11.8 Å². The van der Waals surface area contributed by atoms with E-state index in [1.54, 1.807) is 30.9 Å². The SMILES string of the molecule is CCC(=O)N(Cc1ccc(Cl)cc1)[C@@H](C)C(=O)NCCC(C)C. The summed E-state index contributed by atoms with van der Waals surface area (Å²) in [6, 6.07) is 6.84. The van der Waals surface area contributed by atoms with Crippen LogP contribution in [0.25, 0.3) is 0 Å². The lowest BCUT2D eigenvalue weighted by molar-refractivity contribution is -0.140. The highest BCUT2D eigenvalue weighted by Crippen LogP contribution is 2.14. The summed E-state index contributed by atoms with van der Waals surface area (Å²) in [5.74, 6) is 0.390. The van der Waals surface area contributed by atoms with Crippen LogP contribution in [-0.4, -0.2) is 29.3 Å². The zero-order chi connectivity index (χ0) is 17.4. The summed E-state index contributed by atoms with van der Waals surface area (Å²) >= 11 is 5.89. The van der Waals surface area contributed by atoms with Gasteiger partial charge in [-0.25, -0.2) is 0 Å². The van der Waals surface area contributed by atoms with Gasteiger partial charge in [0.2, 0.25) is 11.8 Å². The van der Waals surface area contributed by atoms with Crippen LogP contribution in [0, 0.1) is 5.92 Å². The van der Waals surface area contributed by atoms with Gasteiger partial charge in [-0.3, -0.25) is 9.59 Å². The number of carbonyl (C=O) groups is 2. The van der Waals surface area contributed by atoms with Crippen LogP contribution in [0.3, 0.4) is 0 Å². The quantitative estimate of drug-likeness (QED) is 0.786. The molecule has 1 rings (SSSR count). The molecule has 0 radical (unpaired) electrons. The number of hydrogen-bond donors (Lipinski definition) is 1. The highest BCUT2D eigenvalue weighted by molar-refractivity contribution is 6.30. The first-order chi connectivity index (χ1) is 10.8. The second-order valence-corrected chi connectivity index (χ2v) is 6.59. The molecule has 23 heavy (non-hydrogen) atoms. The van der Waals surface area contributed by atoms with Crippen LogP contribution in [0.4, 0.5) is 0 Å². The number of halogens is 1. The number of carbonyl (C=O) groups excluding carboxylic acids is 2. The Morgan fingerprint density at radius 1 is 1.17 bits per heavy atom. The van der Waals surface area contributed by atoms with Crippen molar-refractivity contribution in [2.24, 2.45) is 5.92 Å². The molecule has 4 nitrogen and oxygen atoms in total. The van der Waals surface area contributed by atoms with E-state index in [9.17, 15) is 9.59 Å². The predicted octanol–water partition coefficient (Wildman–Crippen LogP) is 3.63. The minimum absolute atomic E-state index is 0.0357. The number of nitrogens with zero attached hydrogens (tertiary/aromatic N) is 1. The third-order valence-electron chi connectivity index (χ3n) is 3.76. The van der Waals surface area contributed by atoms with Gasteiger partial charge in [0.25, 0.3) is 0 Å². The molecule has 0 aliphatic carbocycles. The van der Waals surface area contributed by atoms with Crippen LogP contribution in [0.1, 0.15) is 46.1 Å². The van der Waals surface area contributed by atoms with Crippen LogP contribution < -0.4 is 5.32 Å². The van der Waals surface area contributed by atoms with E-state index < -0.39 is 6.04 Å². The molecule has 0 spiro atoms. The summed E-state index contributed by atoms with van der Waals surface area (Å²) in [6.45, 7) is 8.85. The molecule has 0 aliphatic rings. The normalized spacial score (nSPS) is 12.1. The lowest BCUT2D eigenvalue weighted by Gasteiger charge is -2.28. The largest absolute Gasteiger partial charge is 0.354 e. The minimum atomic E-state index is -0.495. The molecule has 2 amide bonds. The highest BCUT2D eigenvalue weighted by Gasteiger charge is 2.24. The van der Waals surface area contributed by atoms with Gasteiger partial charge in [-0.1, -0.05) is 44.5 Å². The molecule has 0 fully saturated rings. The number of benzene rings is 1. The Bertz CT molecular complexity index is 514. The average Bonchev–Trinajstić information content (AvgIpc) is 2.52. The molecule has 1 aromatic rings. The Hall–Kier alpha value is -1.55. The Morgan fingerprint density at radius 2 is 1.78 bits per heavy atom. The van der Waals surface area contributed by atoms with Crippen LogP contribution >= 0.6 is 11.6 Å². The van der Waals surface area contributed by atoms with Crippen molar-refractivity contribution in [2.45, 2.75) is 53.1 Å². The summed E-state index contributed by atoms with van der Waals surface area (Å²) in [6.07, 6.45) is 1.30. The number of hydrogen-bond acceptors (Lipinski definition) is 2. The maximum atomic E-state index is 12.3. The van der Waals surface area contributed by atoms with Gasteiger partial charge in [-0.05, 0) is 37.0 Å². The standard InChI is InChI=1S/C18H27ClN2O2/c1-5-17(22)21(12-15-6-8-16(19)9-7-15)14(4)18(23)20-11-10-13(2)3/h6-9,13-14H,5,10-12H2,1-4H3,(H,20,23)/t14-/m0/s1. The lowest BCUT2D eigenvalue weighted by atomic mass is 10.1. The van der Waals surface area contributed by atoms with Crippen molar-refractivity contribution in [2.75, 3.05) is 6.54 Å². The van der Waals surface area contributed by atoms with E-state index in [4.69, 9.17) is 11.6 Å². The molecule has 5 heteroatoms. The third kappa shape index (κ3) is 6.61. The van der Waals surface area contributed by atoms with Crippen molar-refractivity contribution in [1.82, 2.24) is 10.2 Å². The molecule has 0 unspecified atom stereocenters. The lowest BCUT2D eigenvalue weighted by Crippen LogP contribution is -2.47. The zero-order valence-corrected chi connectivity index (χ0v) is 15.2. The van der Waals surface area contributed by atoms with E-state index in [0.29, 0.717) is 30.5 Å². The number of amides is 2. The van der Waals surface area contributed by atoms with Crippen LogP contribution in [0.5, 0.6) is 0 Å². The van der Waals surface area contributed by atoms with Crippen molar-refractivity contribution in [3.63, 3.8) is 0 Å². The van der Waals surface area contributed by atoms with Crippen LogP contribution in [-0.2, 0) is 16.1 Å². The van der Waals surface area contributed by atoms with Crippen molar-refractivity contribution in [1.29, 1.82) is 0 Å². The zero-order valence-electron chi connectivity index (χ0n) is 14.4. The summed E-state index contributed by atoms with van der Waals surface area (Å²) in [7, 11) is 0. The maximum absolute atomic E-state index is 12.3. The van der Waals surface area contributed by atoms with E-state index in [1.165, 1.54) is 0 Å². The molecule has 0 heterocycles. The Labute approximate surface area is 144 Å². The first-order valence-electron chi connectivity index (χ1n) is 8.16. The highest BCUT2D eigenvalue weighted by atomic mass is 35.5.